The number of benzene rings is 1. The van der Waals surface area contributed by atoms with Gasteiger partial charge >= 0.3 is 0 Å². The van der Waals surface area contributed by atoms with Crippen LogP contribution in [0.2, 0.25) is 0 Å². The highest BCUT2D eigenvalue weighted by Crippen LogP contribution is 2.45. The van der Waals surface area contributed by atoms with Gasteiger partial charge in [-0.15, -0.1) is 11.8 Å². The molecule has 0 N–H and O–H groups in total. The minimum Gasteiger partial charge on any atom is -0.344 e. The molecule has 1 nitrogen and oxygen atoms in total. The lowest BCUT2D eigenvalue weighted by Gasteiger charge is -2.37. The Morgan fingerprint density at radius 3 is 2.67 bits per heavy atom. The highest BCUT2D eigenvalue weighted by molar-refractivity contribution is 7.99. The van der Waals surface area contributed by atoms with Crippen LogP contribution in [0.25, 0.3) is 0 Å². The molecule has 0 atom stereocenters. The van der Waals surface area contributed by atoms with Crippen molar-refractivity contribution in [3.63, 3.8) is 0 Å². The highest BCUT2D eigenvalue weighted by atomic mass is 32.2. The fourth-order valence-electron chi connectivity index (χ4n) is 3.50. The Balaban J connectivity index is 2.01. The van der Waals surface area contributed by atoms with Crippen molar-refractivity contribution >= 4 is 17.4 Å². The van der Waals surface area contributed by atoms with Crippen molar-refractivity contribution in [3.05, 3.63) is 36.0 Å². The van der Waals surface area contributed by atoms with Crippen molar-refractivity contribution in [1.29, 1.82) is 0 Å². The molecule has 3 rings (SSSR count). The molecular formula is C19H27NS. The van der Waals surface area contributed by atoms with Crippen LogP contribution in [-0.2, 0) is 0 Å². The summed E-state index contributed by atoms with van der Waals surface area (Å²) < 4.78 is 0. The van der Waals surface area contributed by atoms with E-state index < -0.39 is 0 Å². The Morgan fingerprint density at radius 1 is 1.14 bits per heavy atom. The molecule has 0 spiro atoms. The summed E-state index contributed by atoms with van der Waals surface area (Å²) in [6.07, 6.45) is 10.3. The standard InChI is InChI=1S/C19H27NS/c1-3-19(4-2)14-20(16-10-6-5-7-11-16)17-12-8-9-13-18(17)21-15-19/h8-10,12-13H,3-7,11,14-15H2,1-2H3. The zero-order chi connectivity index (χ0) is 14.7. The molecule has 0 aromatic heterocycles. The van der Waals surface area contributed by atoms with E-state index in [-0.39, 0.29) is 0 Å². The van der Waals surface area contributed by atoms with Crippen molar-refractivity contribution in [2.75, 3.05) is 17.2 Å². The van der Waals surface area contributed by atoms with Crippen LogP contribution < -0.4 is 4.90 Å². The molecule has 1 heterocycles. The van der Waals surface area contributed by atoms with Crippen molar-refractivity contribution in [2.45, 2.75) is 57.3 Å². The molecular weight excluding hydrogens is 274 g/mol. The number of nitrogens with zero attached hydrogens (tertiary/aromatic N) is 1. The fraction of sp³-hybridized carbons (Fsp3) is 0.579. The van der Waals surface area contributed by atoms with Crippen LogP contribution in [0.1, 0.15) is 52.4 Å². The number of hydrogen-bond donors (Lipinski definition) is 0. The predicted molar refractivity (Wildman–Crippen MR) is 94.1 cm³/mol. The van der Waals surface area contributed by atoms with Gasteiger partial charge in [-0.1, -0.05) is 32.1 Å². The summed E-state index contributed by atoms with van der Waals surface area (Å²) in [7, 11) is 0. The minimum absolute atomic E-state index is 0.446. The number of para-hydroxylation sites is 1. The van der Waals surface area contributed by atoms with E-state index in [0.29, 0.717) is 5.41 Å². The molecule has 2 aliphatic rings. The van der Waals surface area contributed by atoms with E-state index in [2.05, 4.69) is 60.9 Å². The first-order valence-electron chi connectivity index (χ1n) is 8.46. The molecule has 1 aromatic rings. The SMILES string of the molecule is CCC1(CC)CSc2ccccc2N(C2=CCCCC2)C1. The van der Waals surface area contributed by atoms with E-state index in [9.17, 15) is 0 Å². The molecule has 0 saturated heterocycles. The van der Waals surface area contributed by atoms with Gasteiger partial charge in [0.1, 0.15) is 0 Å². The van der Waals surface area contributed by atoms with Crippen LogP contribution >= 0.6 is 11.8 Å². The van der Waals surface area contributed by atoms with E-state index in [4.69, 9.17) is 0 Å². The smallest absolute Gasteiger partial charge is 0.0546 e. The molecule has 0 radical (unpaired) electrons. The summed E-state index contributed by atoms with van der Waals surface area (Å²) in [4.78, 5) is 4.12. The number of anilines is 1. The summed E-state index contributed by atoms with van der Waals surface area (Å²) in [5, 5.41) is 0. The number of fused-ring (bicyclic) bond motifs is 1. The van der Waals surface area contributed by atoms with Crippen LogP contribution in [0.4, 0.5) is 5.69 Å². The molecule has 0 amide bonds. The lowest BCUT2D eigenvalue weighted by molar-refractivity contribution is 0.314. The Bertz CT molecular complexity index is 516. The number of hydrogen-bond acceptors (Lipinski definition) is 2. The van der Waals surface area contributed by atoms with E-state index in [0.717, 1.165) is 0 Å². The van der Waals surface area contributed by atoms with Crippen LogP contribution in [0.3, 0.4) is 0 Å². The maximum atomic E-state index is 2.65. The van der Waals surface area contributed by atoms with Gasteiger partial charge in [0.15, 0.2) is 0 Å². The molecule has 0 unspecified atom stereocenters. The number of rotatable bonds is 3. The fourth-order valence-corrected chi connectivity index (χ4v) is 4.96. The zero-order valence-electron chi connectivity index (χ0n) is 13.4. The largest absolute Gasteiger partial charge is 0.344 e. The molecule has 1 aliphatic carbocycles. The maximum Gasteiger partial charge on any atom is 0.0546 e. The number of thioether (sulfide) groups is 1. The van der Waals surface area contributed by atoms with Gasteiger partial charge in [0.25, 0.3) is 0 Å². The molecule has 21 heavy (non-hydrogen) atoms. The van der Waals surface area contributed by atoms with Crippen LogP contribution in [0, 0.1) is 5.41 Å². The first kappa shape index (κ1) is 15.0. The lowest BCUT2D eigenvalue weighted by Crippen LogP contribution is -2.37. The van der Waals surface area contributed by atoms with Crippen LogP contribution in [0.15, 0.2) is 40.9 Å². The van der Waals surface area contributed by atoms with Gasteiger partial charge in [-0.05, 0) is 56.1 Å². The average molecular weight is 301 g/mol. The zero-order valence-corrected chi connectivity index (χ0v) is 14.2. The van der Waals surface area contributed by atoms with Gasteiger partial charge in [0.2, 0.25) is 0 Å². The van der Waals surface area contributed by atoms with Crippen molar-refractivity contribution in [3.8, 4) is 0 Å². The third kappa shape index (κ3) is 3.01. The maximum absolute atomic E-state index is 2.65. The Morgan fingerprint density at radius 2 is 1.95 bits per heavy atom. The van der Waals surface area contributed by atoms with Gasteiger partial charge in [-0.3, -0.25) is 0 Å². The second-order valence-corrected chi connectivity index (χ2v) is 7.51. The van der Waals surface area contributed by atoms with Gasteiger partial charge in [-0.25, -0.2) is 0 Å². The lowest BCUT2D eigenvalue weighted by atomic mass is 9.83. The Kier molecular flexibility index (Phi) is 4.63. The van der Waals surface area contributed by atoms with Gasteiger partial charge in [-0.2, -0.15) is 0 Å². The monoisotopic (exact) mass is 301 g/mol. The van der Waals surface area contributed by atoms with Crippen LogP contribution in [0.5, 0.6) is 0 Å². The third-order valence-electron chi connectivity index (χ3n) is 5.30. The average Bonchev–Trinajstić information content (AvgIpc) is 2.74. The van der Waals surface area contributed by atoms with E-state index in [1.54, 1.807) is 5.70 Å². The highest BCUT2D eigenvalue weighted by Gasteiger charge is 2.34. The van der Waals surface area contributed by atoms with E-state index in [1.807, 2.05) is 0 Å². The summed E-state index contributed by atoms with van der Waals surface area (Å²) in [6.45, 7) is 5.93. The summed E-state index contributed by atoms with van der Waals surface area (Å²) in [6, 6.07) is 9.00. The second-order valence-electron chi connectivity index (χ2n) is 6.49. The quantitative estimate of drug-likeness (QED) is 0.687. The van der Waals surface area contributed by atoms with E-state index in [1.165, 1.54) is 61.4 Å². The number of allylic oxidation sites excluding steroid dienone is 2. The predicted octanol–water partition coefficient (Wildman–Crippen LogP) is 5.86. The van der Waals surface area contributed by atoms with Gasteiger partial charge in [0, 0.05) is 22.9 Å². The van der Waals surface area contributed by atoms with Gasteiger partial charge < -0.3 is 4.90 Å². The summed E-state index contributed by atoms with van der Waals surface area (Å²) in [5.41, 5.74) is 3.46. The molecule has 0 saturated carbocycles. The molecule has 2 heteroatoms. The first-order chi connectivity index (χ1) is 10.3. The van der Waals surface area contributed by atoms with Crippen molar-refractivity contribution in [1.82, 2.24) is 0 Å². The topological polar surface area (TPSA) is 3.24 Å². The Labute approximate surface area is 133 Å². The summed E-state index contributed by atoms with van der Waals surface area (Å²) >= 11 is 2.06. The van der Waals surface area contributed by atoms with Crippen LogP contribution in [-0.4, -0.2) is 12.3 Å². The third-order valence-corrected chi connectivity index (χ3v) is 6.71. The minimum atomic E-state index is 0.446. The molecule has 114 valence electrons. The Hall–Kier alpha value is -0.890. The van der Waals surface area contributed by atoms with E-state index >= 15 is 0 Å². The summed E-state index contributed by atoms with van der Waals surface area (Å²) in [5.74, 6) is 1.25. The molecule has 1 aromatic carbocycles. The molecule has 0 fully saturated rings. The van der Waals surface area contributed by atoms with Crippen molar-refractivity contribution < 1.29 is 0 Å². The molecule has 0 bridgehead atoms. The molecule has 1 aliphatic heterocycles. The van der Waals surface area contributed by atoms with Crippen molar-refractivity contribution in [2.24, 2.45) is 5.41 Å². The first-order valence-corrected chi connectivity index (χ1v) is 9.45. The normalized spacial score (nSPS) is 21.4. The second kappa shape index (κ2) is 6.48. The van der Waals surface area contributed by atoms with Gasteiger partial charge in [0.05, 0.1) is 5.69 Å².